The van der Waals surface area contributed by atoms with Gasteiger partial charge in [0.1, 0.15) is 41.3 Å². The van der Waals surface area contributed by atoms with Gasteiger partial charge in [0.25, 0.3) is 0 Å². The zero-order chi connectivity index (χ0) is 26.9. The first kappa shape index (κ1) is 24.8. The van der Waals surface area contributed by atoms with Crippen molar-refractivity contribution in [3.05, 3.63) is 60.7 Å². The van der Waals surface area contributed by atoms with Crippen LogP contribution in [0.25, 0.3) is 33.5 Å². The first-order valence-corrected chi connectivity index (χ1v) is 10.4. The molecule has 19 nitrogen and oxygen atoms in total. The Hall–Kier alpha value is -6.27. The Morgan fingerprint density at radius 1 is 0.526 bits per heavy atom. The number of aromatic nitrogens is 14. The molecule has 0 atom stereocenters. The number of aromatic amines is 4. The van der Waals surface area contributed by atoms with Crippen LogP contribution in [0.2, 0.25) is 0 Å². The van der Waals surface area contributed by atoms with Crippen LogP contribution in [0, 0.1) is 0 Å². The molecule has 0 spiro atoms. The van der Waals surface area contributed by atoms with Gasteiger partial charge in [0.15, 0.2) is 34.4 Å². The van der Waals surface area contributed by atoms with Crippen molar-refractivity contribution in [2.75, 3.05) is 22.9 Å². The third-order valence-electron chi connectivity index (χ3n) is 4.45. The Morgan fingerprint density at radius 2 is 0.921 bits per heavy atom. The van der Waals surface area contributed by atoms with Crippen LogP contribution in [0.15, 0.2) is 55.0 Å². The molecule has 38 heavy (non-hydrogen) atoms. The Labute approximate surface area is 210 Å². The van der Waals surface area contributed by atoms with Crippen molar-refractivity contribution in [3.8, 4) is 0 Å². The van der Waals surface area contributed by atoms with E-state index in [0.29, 0.717) is 56.8 Å². The minimum absolute atomic E-state index is 0.338. The number of H-pyrrole nitrogens is 4. The lowest BCUT2D eigenvalue weighted by Gasteiger charge is -1.89. The van der Waals surface area contributed by atoms with Gasteiger partial charge >= 0.3 is 5.69 Å². The van der Waals surface area contributed by atoms with E-state index in [1.165, 1.54) is 50.2 Å². The van der Waals surface area contributed by atoms with Crippen molar-refractivity contribution in [1.29, 1.82) is 0 Å². The Kier molecular flexibility index (Phi) is 7.48. The van der Waals surface area contributed by atoms with Gasteiger partial charge in [-0.3, -0.25) is 4.98 Å². The van der Waals surface area contributed by atoms with E-state index in [0.717, 1.165) is 0 Å². The lowest BCUT2D eigenvalue weighted by atomic mass is 10.5. The maximum atomic E-state index is 10.2. The molecule has 19 heteroatoms. The largest absolute Gasteiger partial charge is 0.385 e. The Morgan fingerprint density at radius 3 is 1.21 bits per heavy atom. The van der Waals surface area contributed by atoms with Crippen LogP contribution < -0.4 is 28.6 Å². The van der Waals surface area contributed by atoms with Crippen LogP contribution in [-0.2, 0) is 0 Å². The van der Waals surface area contributed by atoms with E-state index in [-0.39, 0.29) is 0 Å². The van der Waals surface area contributed by atoms with E-state index in [1.54, 1.807) is 0 Å². The molecule has 0 unspecified atom stereocenters. The third-order valence-corrected chi connectivity index (χ3v) is 4.45. The molecule has 0 aliphatic rings. The predicted octanol–water partition coefficient (Wildman–Crippen LogP) is -0.843. The summed E-state index contributed by atoms with van der Waals surface area (Å²) in [6.07, 6.45) is 10.1. The first-order chi connectivity index (χ1) is 18.4. The number of hydrogen-bond acceptors (Lipinski definition) is 15. The van der Waals surface area contributed by atoms with Crippen LogP contribution in [0.3, 0.4) is 0 Å². The van der Waals surface area contributed by atoms with Crippen LogP contribution in [0.4, 0.5) is 23.3 Å². The highest BCUT2D eigenvalue weighted by Crippen LogP contribution is 2.10. The van der Waals surface area contributed by atoms with Crippen molar-refractivity contribution in [1.82, 2.24) is 69.8 Å². The quantitative estimate of drug-likeness (QED) is 0.122. The molecule has 0 aliphatic carbocycles. The molecule has 7 heterocycles. The second-order valence-corrected chi connectivity index (χ2v) is 6.91. The number of imidazole rings is 3. The molecule has 7 aromatic heterocycles. The van der Waals surface area contributed by atoms with E-state index in [2.05, 4.69) is 69.8 Å². The van der Waals surface area contributed by atoms with E-state index >= 15 is 0 Å². The Balaban J connectivity index is 0.000000119. The summed E-state index contributed by atoms with van der Waals surface area (Å²) >= 11 is 0. The van der Waals surface area contributed by atoms with Crippen molar-refractivity contribution >= 4 is 56.8 Å². The van der Waals surface area contributed by atoms with Crippen molar-refractivity contribution < 1.29 is 0 Å². The fourth-order valence-corrected chi connectivity index (χ4v) is 2.73. The molecular formula is C19H20N18O. The normalized spacial score (nSPS) is 10.1. The molecule has 7 rings (SSSR count). The summed E-state index contributed by atoms with van der Waals surface area (Å²) in [6, 6.07) is 1.52. The summed E-state index contributed by atoms with van der Waals surface area (Å²) in [5.41, 5.74) is 25.1. The summed E-state index contributed by atoms with van der Waals surface area (Å²) in [6.45, 7) is 0. The number of rotatable bonds is 0. The number of fused-ring (bicyclic) bond motifs is 3. The summed E-state index contributed by atoms with van der Waals surface area (Å²) in [4.78, 5) is 59.0. The van der Waals surface area contributed by atoms with Gasteiger partial charge in [-0.05, 0) is 6.07 Å². The van der Waals surface area contributed by atoms with Crippen LogP contribution in [0.1, 0.15) is 0 Å². The van der Waals surface area contributed by atoms with Crippen molar-refractivity contribution in [2.45, 2.75) is 0 Å². The lowest BCUT2D eigenvalue weighted by Crippen LogP contribution is -2.10. The van der Waals surface area contributed by atoms with Gasteiger partial charge in [0.2, 0.25) is 0 Å². The van der Waals surface area contributed by atoms with Crippen molar-refractivity contribution in [2.24, 2.45) is 0 Å². The predicted molar refractivity (Wildman–Crippen MR) is 138 cm³/mol. The molecule has 0 aliphatic heterocycles. The number of nitrogens with one attached hydrogen (secondary N) is 4. The van der Waals surface area contributed by atoms with Crippen LogP contribution in [-0.4, -0.2) is 69.8 Å². The summed E-state index contributed by atoms with van der Waals surface area (Å²) in [5.74, 6) is 1.64. The fraction of sp³-hybridized carbons (Fsp3) is 0. The van der Waals surface area contributed by atoms with Gasteiger partial charge in [-0.15, -0.1) is 0 Å². The molecule has 0 aromatic carbocycles. The van der Waals surface area contributed by atoms with E-state index in [4.69, 9.17) is 22.9 Å². The number of nitrogens with two attached hydrogens (primary N) is 4. The summed E-state index contributed by atoms with van der Waals surface area (Å²) in [5, 5.41) is 0. The number of nitrogen functional groups attached to an aromatic ring is 4. The van der Waals surface area contributed by atoms with Crippen LogP contribution >= 0.6 is 0 Å². The third kappa shape index (κ3) is 6.04. The van der Waals surface area contributed by atoms with Gasteiger partial charge < -0.3 is 37.9 Å². The maximum absolute atomic E-state index is 10.2. The minimum atomic E-state index is -0.412. The summed E-state index contributed by atoms with van der Waals surface area (Å²) in [7, 11) is 0. The van der Waals surface area contributed by atoms with Gasteiger partial charge in [-0.2, -0.15) is 0 Å². The molecular weight excluding hydrogens is 496 g/mol. The van der Waals surface area contributed by atoms with Gasteiger partial charge in [-0.25, -0.2) is 54.6 Å². The molecule has 0 saturated heterocycles. The first-order valence-electron chi connectivity index (χ1n) is 10.4. The smallest absolute Gasteiger partial charge is 0.346 e. The lowest BCUT2D eigenvalue weighted by molar-refractivity contribution is 1.08. The van der Waals surface area contributed by atoms with Gasteiger partial charge in [0, 0.05) is 6.20 Å². The molecule has 0 radical (unpaired) electrons. The van der Waals surface area contributed by atoms with Gasteiger partial charge in [-0.1, -0.05) is 0 Å². The molecule has 7 aromatic rings. The number of anilines is 4. The zero-order valence-electron chi connectivity index (χ0n) is 19.3. The standard InChI is InChI=1S/3C5H5N5.C4H5N3O/c3*6-4-3-5(9-1-7-3)10-2-8-4;5-3-1-2-6-4(8)7-3/h3*1-2H,(H3,6,7,8,9,10);1-2H,(H3,5,6,7,8). The van der Waals surface area contributed by atoms with Crippen molar-refractivity contribution in [3.63, 3.8) is 0 Å². The monoisotopic (exact) mass is 516 g/mol. The highest BCUT2D eigenvalue weighted by molar-refractivity contribution is 5.81. The topological polar surface area (TPSA) is 313 Å². The second kappa shape index (κ2) is 11.4. The van der Waals surface area contributed by atoms with E-state index in [9.17, 15) is 4.79 Å². The second-order valence-electron chi connectivity index (χ2n) is 6.91. The molecule has 12 N–H and O–H groups in total. The maximum Gasteiger partial charge on any atom is 0.346 e. The SMILES string of the molecule is Nc1ccnc(=O)[nH]1.Nc1ncnc2nc[nH]c12.Nc1ncnc2nc[nH]c12.Nc1ncnc2nc[nH]c12. The number of nitrogens with zero attached hydrogens (tertiary/aromatic N) is 10. The molecule has 0 bridgehead atoms. The highest BCUT2D eigenvalue weighted by atomic mass is 16.1. The highest BCUT2D eigenvalue weighted by Gasteiger charge is 2.00. The van der Waals surface area contributed by atoms with Gasteiger partial charge in [0.05, 0.1) is 19.0 Å². The molecule has 0 fully saturated rings. The molecule has 0 saturated carbocycles. The molecule has 192 valence electrons. The fourth-order valence-electron chi connectivity index (χ4n) is 2.73. The minimum Gasteiger partial charge on any atom is -0.385 e. The average Bonchev–Trinajstić information content (AvgIpc) is 3.67. The van der Waals surface area contributed by atoms with E-state index in [1.807, 2.05) is 0 Å². The summed E-state index contributed by atoms with van der Waals surface area (Å²) < 4.78 is 0. The molecule has 0 amide bonds. The number of hydrogen-bond donors (Lipinski definition) is 8. The van der Waals surface area contributed by atoms with E-state index < -0.39 is 5.69 Å². The van der Waals surface area contributed by atoms with Crippen LogP contribution in [0.5, 0.6) is 0 Å². The average molecular weight is 516 g/mol. The zero-order valence-corrected chi connectivity index (χ0v) is 19.3. The Bertz CT molecular complexity index is 1650.